The average Bonchev–Trinajstić information content (AvgIpc) is 2.87. The second-order valence-corrected chi connectivity index (χ2v) is 5.82. The van der Waals surface area contributed by atoms with Crippen molar-refractivity contribution in [3.05, 3.63) is 18.0 Å². The summed E-state index contributed by atoms with van der Waals surface area (Å²) in [5.41, 5.74) is 1.85. The van der Waals surface area contributed by atoms with Gasteiger partial charge in [0.1, 0.15) is 5.82 Å². The van der Waals surface area contributed by atoms with E-state index in [1.54, 1.807) is 14.2 Å². The minimum absolute atomic E-state index is 0.195. The van der Waals surface area contributed by atoms with Gasteiger partial charge in [-0.05, 0) is 12.8 Å². The number of aromatic nitrogens is 2. The van der Waals surface area contributed by atoms with Gasteiger partial charge < -0.3 is 19.1 Å². The maximum absolute atomic E-state index is 10.7. The molecule has 1 heterocycles. The van der Waals surface area contributed by atoms with Gasteiger partial charge in [0.2, 0.25) is 0 Å². The number of methoxy groups -OCH3 is 2. The van der Waals surface area contributed by atoms with E-state index >= 15 is 0 Å². The monoisotopic (exact) mass is 320 g/mol. The Morgan fingerprint density at radius 2 is 1.87 bits per heavy atom. The quantitative estimate of drug-likeness (QED) is 0.754. The van der Waals surface area contributed by atoms with Crippen molar-refractivity contribution in [1.82, 2.24) is 9.55 Å². The third-order valence-corrected chi connectivity index (χ3v) is 3.82. The number of unbranched alkanes of at least 4 members (excludes halogenated alkanes) is 1. The number of carbonyl (C=O) groups is 1. The van der Waals surface area contributed by atoms with Crippen LogP contribution in [0.4, 0.5) is 0 Å². The fourth-order valence-corrected chi connectivity index (χ4v) is 2.69. The number of rotatable bonds is 8. The van der Waals surface area contributed by atoms with Crippen molar-refractivity contribution < 1.29 is 19.4 Å². The van der Waals surface area contributed by atoms with Crippen LogP contribution in [0.25, 0.3) is 11.0 Å². The van der Waals surface area contributed by atoms with Crippen molar-refractivity contribution >= 4 is 17.0 Å². The normalized spacial score (nSPS) is 11.2. The molecule has 1 aromatic heterocycles. The Hall–Kier alpha value is -2.24. The average molecular weight is 320 g/mol. The number of aryl methyl sites for hydroxylation is 1. The lowest BCUT2D eigenvalue weighted by molar-refractivity contribution is -0.137. The zero-order valence-electron chi connectivity index (χ0n) is 14.1. The minimum atomic E-state index is -0.754. The van der Waals surface area contributed by atoms with Gasteiger partial charge in [-0.3, -0.25) is 4.79 Å². The molecule has 0 atom stereocenters. The molecule has 0 aliphatic carbocycles. The van der Waals surface area contributed by atoms with Crippen LogP contribution in [0.2, 0.25) is 0 Å². The first-order valence-corrected chi connectivity index (χ1v) is 7.81. The molecule has 23 heavy (non-hydrogen) atoms. The number of fused-ring (bicyclic) bond motifs is 1. The molecule has 0 unspecified atom stereocenters. The molecule has 1 aromatic carbocycles. The molecule has 6 nitrogen and oxygen atoms in total. The molecule has 0 saturated heterocycles. The molecule has 0 aliphatic heterocycles. The lowest BCUT2D eigenvalue weighted by Crippen LogP contribution is -2.06. The van der Waals surface area contributed by atoms with Crippen molar-refractivity contribution in [2.45, 2.75) is 45.6 Å². The number of hydrogen-bond donors (Lipinski definition) is 1. The molecule has 6 heteroatoms. The zero-order chi connectivity index (χ0) is 17.0. The topological polar surface area (TPSA) is 73.6 Å². The molecule has 0 aliphatic rings. The van der Waals surface area contributed by atoms with Crippen LogP contribution in [-0.2, 0) is 11.3 Å². The molecule has 0 saturated carbocycles. The fraction of sp³-hybridized carbons (Fsp3) is 0.529. The molecule has 0 spiro atoms. The van der Waals surface area contributed by atoms with Gasteiger partial charge in [-0.15, -0.1) is 0 Å². The molecule has 126 valence electrons. The molecular formula is C17H24N2O4. The molecule has 2 aromatic rings. The van der Waals surface area contributed by atoms with E-state index in [0.717, 1.165) is 29.8 Å². The Balaban J connectivity index is 2.38. The summed E-state index contributed by atoms with van der Waals surface area (Å²) in [6.07, 6.45) is 1.65. The van der Waals surface area contributed by atoms with E-state index in [1.165, 1.54) is 0 Å². The van der Waals surface area contributed by atoms with Crippen LogP contribution >= 0.6 is 0 Å². The zero-order valence-corrected chi connectivity index (χ0v) is 14.1. The van der Waals surface area contributed by atoms with Crippen molar-refractivity contribution in [2.75, 3.05) is 14.2 Å². The second kappa shape index (κ2) is 7.35. The van der Waals surface area contributed by atoms with Crippen molar-refractivity contribution in [3.63, 3.8) is 0 Å². The SMILES string of the molecule is COc1cc2nc(C(C)C)n(CCCCC(=O)O)c2cc1OC. The maximum Gasteiger partial charge on any atom is 0.303 e. The minimum Gasteiger partial charge on any atom is -0.493 e. The van der Waals surface area contributed by atoms with Crippen molar-refractivity contribution in [3.8, 4) is 11.5 Å². The molecule has 1 N–H and O–H groups in total. The molecule has 0 radical (unpaired) electrons. The van der Waals surface area contributed by atoms with E-state index in [0.29, 0.717) is 17.9 Å². The Morgan fingerprint density at radius 1 is 1.22 bits per heavy atom. The third-order valence-electron chi connectivity index (χ3n) is 3.82. The third kappa shape index (κ3) is 3.75. The van der Waals surface area contributed by atoms with Gasteiger partial charge in [0.05, 0.1) is 25.3 Å². The van der Waals surface area contributed by atoms with Gasteiger partial charge in [0, 0.05) is 31.0 Å². The Kier molecular flexibility index (Phi) is 5.47. The van der Waals surface area contributed by atoms with E-state index in [-0.39, 0.29) is 12.3 Å². The van der Waals surface area contributed by atoms with E-state index in [2.05, 4.69) is 18.4 Å². The smallest absolute Gasteiger partial charge is 0.303 e. The standard InChI is InChI=1S/C17H24N2O4/c1-11(2)17-18-12-9-14(22-3)15(23-4)10-13(12)19(17)8-6-5-7-16(20)21/h9-11H,5-8H2,1-4H3,(H,20,21). The first kappa shape index (κ1) is 17.1. The number of imidazole rings is 1. The van der Waals surface area contributed by atoms with Crippen molar-refractivity contribution in [2.24, 2.45) is 0 Å². The van der Waals surface area contributed by atoms with Crippen LogP contribution in [0.3, 0.4) is 0 Å². The summed E-state index contributed by atoms with van der Waals surface area (Å²) in [7, 11) is 3.22. The molecular weight excluding hydrogens is 296 g/mol. The number of carboxylic acid groups (broad SMARTS) is 1. The molecule has 0 amide bonds. The summed E-state index contributed by atoms with van der Waals surface area (Å²) in [6.45, 7) is 4.94. The highest BCUT2D eigenvalue weighted by molar-refractivity contribution is 5.80. The van der Waals surface area contributed by atoms with Gasteiger partial charge >= 0.3 is 5.97 Å². The van der Waals surface area contributed by atoms with E-state index in [9.17, 15) is 4.79 Å². The predicted octanol–water partition coefficient (Wildman–Crippen LogP) is 3.43. The van der Waals surface area contributed by atoms with Crippen LogP contribution < -0.4 is 9.47 Å². The highest BCUT2D eigenvalue weighted by atomic mass is 16.5. The van der Waals surface area contributed by atoms with Crippen LogP contribution in [0.15, 0.2) is 12.1 Å². The number of nitrogens with zero attached hydrogens (tertiary/aromatic N) is 2. The first-order valence-electron chi connectivity index (χ1n) is 7.81. The summed E-state index contributed by atoms with van der Waals surface area (Å²) in [6, 6.07) is 3.82. The lowest BCUT2D eigenvalue weighted by Gasteiger charge is -2.12. The van der Waals surface area contributed by atoms with Crippen LogP contribution in [0.5, 0.6) is 11.5 Å². The Morgan fingerprint density at radius 3 is 2.43 bits per heavy atom. The highest BCUT2D eigenvalue weighted by Gasteiger charge is 2.17. The number of hydrogen-bond acceptors (Lipinski definition) is 4. The molecule has 0 fully saturated rings. The van der Waals surface area contributed by atoms with Crippen LogP contribution in [0.1, 0.15) is 44.9 Å². The van der Waals surface area contributed by atoms with Crippen LogP contribution in [0, 0.1) is 0 Å². The van der Waals surface area contributed by atoms with Gasteiger partial charge in [-0.1, -0.05) is 13.8 Å². The second-order valence-electron chi connectivity index (χ2n) is 5.82. The van der Waals surface area contributed by atoms with Gasteiger partial charge in [0.25, 0.3) is 0 Å². The van der Waals surface area contributed by atoms with E-state index in [4.69, 9.17) is 19.6 Å². The number of ether oxygens (including phenoxy) is 2. The van der Waals surface area contributed by atoms with E-state index < -0.39 is 5.97 Å². The summed E-state index contributed by atoms with van der Waals surface area (Å²) in [5.74, 6) is 1.84. The fourth-order valence-electron chi connectivity index (χ4n) is 2.69. The van der Waals surface area contributed by atoms with Crippen LogP contribution in [-0.4, -0.2) is 34.8 Å². The van der Waals surface area contributed by atoms with Gasteiger partial charge in [-0.2, -0.15) is 0 Å². The lowest BCUT2D eigenvalue weighted by atomic mass is 10.2. The summed E-state index contributed by atoms with van der Waals surface area (Å²) >= 11 is 0. The molecule has 2 rings (SSSR count). The van der Waals surface area contributed by atoms with Gasteiger partial charge in [-0.25, -0.2) is 4.98 Å². The summed E-state index contributed by atoms with van der Waals surface area (Å²) in [4.78, 5) is 15.4. The number of aliphatic carboxylic acids is 1. The first-order chi connectivity index (χ1) is 11.0. The Bertz CT molecular complexity index is 691. The summed E-state index contributed by atoms with van der Waals surface area (Å²) < 4.78 is 12.9. The Labute approximate surface area is 136 Å². The maximum atomic E-state index is 10.7. The summed E-state index contributed by atoms with van der Waals surface area (Å²) in [5, 5.41) is 8.76. The van der Waals surface area contributed by atoms with E-state index in [1.807, 2.05) is 12.1 Å². The molecule has 0 bridgehead atoms. The predicted molar refractivity (Wildman–Crippen MR) is 88.4 cm³/mol. The largest absolute Gasteiger partial charge is 0.493 e. The van der Waals surface area contributed by atoms with Crippen molar-refractivity contribution in [1.29, 1.82) is 0 Å². The number of benzene rings is 1. The number of carboxylic acids is 1. The highest BCUT2D eigenvalue weighted by Crippen LogP contribution is 2.33. The van der Waals surface area contributed by atoms with Gasteiger partial charge in [0.15, 0.2) is 11.5 Å².